The van der Waals surface area contributed by atoms with Gasteiger partial charge in [0.05, 0.1) is 18.6 Å². The summed E-state index contributed by atoms with van der Waals surface area (Å²) in [7, 11) is 0. The zero-order chi connectivity index (χ0) is 20.3. The van der Waals surface area contributed by atoms with Gasteiger partial charge in [0.25, 0.3) is 11.1 Å². The van der Waals surface area contributed by atoms with Gasteiger partial charge in [-0.05, 0) is 30.7 Å². The number of carbonyl (C=O) groups is 1. The first-order chi connectivity index (χ1) is 14.3. The Bertz CT molecular complexity index is 922. The van der Waals surface area contributed by atoms with Crippen LogP contribution in [0, 0.1) is 0 Å². The Morgan fingerprint density at radius 1 is 1.17 bits per heavy atom. The number of carbonyl (C=O) groups excluding carboxylic acids is 1. The molecule has 29 heavy (non-hydrogen) atoms. The number of hydrogen-bond acceptors (Lipinski definition) is 6. The van der Waals surface area contributed by atoms with E-state index in [2.05, 4.69) is 22.4 Å². The third-order valence-electron chi connectivity index (χ3n) is 4.17. The first kappa shape index (κ1) is 20.9. The summed E-state index contributed by atoms with van der Waals surface area (Å²) >= 11 is 1.23. The highest BCUT2D eigenvalue weighted by Gasteiger charge is 2.08. The lowest BCUT2D eigenvalue weighted by Crippen LogP contribution is -2.19. The van der Waals surface area contributed by atoms with Crippen molar-refractivity contribution < 1.29 is 13.9 Å². The topological polar surface area (TPSA) is 76.7 Å². The molecule has 0 aliphatic rings. The number of para-hydroxylation sites is 3. The number of rotatable bonds is 11. The maximum Gasteiger partial charge on any atom is 0.257 e. The molecule has 0 spiro atoms. The molecule has 0 radical (unpaired) electrons. The van der Waals surface area contributed by atoms with Crippen molar-refractivity contribution in [1.82, 2.24) is 10.4 Å². The van der Waals surface area contributed by atoms with Crippen molar-refractivity contribution in [3.8, 4) is 5.75 Å². The van der Waals surface area contributed by atoms with Crippen molar-refractivity contribution in [2.75, 3.05) is 12.4 Å². The van der Waals surface area contributed by atoms with Crippen LogP contribution in [0.4, 0.5) is 0 Å². The number of hydrazone groups is 1. The average molecular weight is 412 g/mol. The molecule has 1 N–H and O–H groups in total. The smallest absolute Gasteiger partial charge is 0.257 e. The maximum atomic E-state index is 12.0. The van der Waals surface area contributed by atoms with E-state index in [1.165, 1.54) is 31.0 Å². The Balaban J connectivity index is 1.45. The predicted molar refractivity (Wildman–Crippen MR) is 117 cm³/mol. The molecule has 7 heteroatoms. The van der Waals surface area contributed by atoms with Crippen LogP contribution in [0.2, 0.25) is 0 Å². The second kappa shape index (κ2) is 11.3. The highest BCUT2D eigenvalue weighted by atomic mass is 32.2. The molecule has 0 aliphatic carbocycles. The number of fused-ring (bicyclic) bond motifs is 1. The Morgan fingerprint density at radius 3 is 2.86 bits per heavy atom. The molecular formula is C22H25N3O3S. The van der Waals surface area contributed by atoms with Crippen LogP contribution in [-0.2, 0) is 4.79 Å². The molecule has 1 heterocycles. The van der Waals surface area contributed by atoms with E-state index in [9.17, 15) is 4.79 Å². The molecule has 152 valence electrons. The fourth-order valence-corrected chi connectivity index (χ4v) is 3.31. The molecule has 0 aliphatic heterocycles. The van der Waals surface area contributed by atoms with Crippen LogP contribution in [0.15, 0.2) is 63.3 Å². The number of amides is 1. The van der Waals surface area contributed by atoms with Gasteiger partial charge in [0.2, 0.25) is 0 Å². The molecule has 6 nitrogen and oxygen atoms in total. The van der Waals surface area contributed by atoms with Gasteiger partial charge in [0.1, 0.15) is 11.3 Å². The number of thioether (sulfide) groups is 1. The number of unbranched alkanes of at least 4 members (excludes halogenated alkanes) is 3. The molecule has 0 fully saturated rings. The molecule has 3 aromatic rings. The zero-order valence-electron chi connectivity index (χ0n) is 16.5. The molecule has 1 aromatic heterocycles. The first-order valence-electron chi connectivity index (χ1n) is 9.78. The Hall–Kier alpha value is -2.80. The largest absolute Gasteiger partial charge is 0.493 e. The molecule has 3 rings (SSSR count). The van der Waals surface area contributed by atoms with Gasteiger partial charge in [0.15, 0.2) is 5.58 Å². The fourth-order valence-electron chi connectivity index (χ4n) is 2.68. The van der Waals surface area contributed by atoms with Crippen molar-refractivity contribution in [3.05, 3.63) is 54.1 Å². The normalized spacial score (nSPS) is 11.2. The minimum Gasteiger partial charge on any atom is -0.493 e. The minimum atomic E-state index is -0.230. The van der Waals surface area contributed by atoms with Crippen molar-refractivity contribution >= 4 is 35.0 Å². The quantitative estimate of drug-likeness (QED) is 0.207. The van der Waals surface area contributed by atoms with Gasteiger partial charge in [-0.1, -0.05) is 62.2 Å². The molecule has 0 atom stereocenters. The van der Waals surface area contributed by atoms with E-state index in [0.29, 0.717) is 17.4 Å². The molecule has 0 saturated carbocycles. The van der Waals surface area contributed by atoms with E-state index >= 15 is 0 Å². The van der Waals surface area contributed by atoms with Gasteiger partial charge in [-0.15, -0.1) is 0 Å². The summed E-state index contributed by atoms with van der Waals surface area (Å²) in [5.41, 5.74) is 4.85. The third-order valence-corrected chi connectivity index (χ3v) is 5.00. The average Bonchev–Trinajstić information content (AvgIpc) is 3.16. The minimum absolute atomic E-state index is 0.166. The van der Waals surface area contributed by atoms with E-state index in [0.717, 1.165) is 23.3 Å². The van der Waals surface area contributed by atoms with Crippen LogP contribution in [0.1, 0.15) is 38.2 Å². The summed E-state index contributed by atoms with van der Waals surface area (Å²) < 4.78 is 11.4. The molecule has 0 bridgehead atoms. The van der Waals surface area contributed by atoms with E-state index in [1.54, 1.807) is 6.21 Å². The number of aromatic nitrogens is 1. The van der Waals surface area contributed by atoms with Crippen LogP contribution in [0.3, 0.4) is 0 Å². The highest BCUT2D eigenvalue weighted by molar-refractivity contribution is 7.99. The number of nitrogens with zero attached hydrogens (tertiary/aromatic N) is 2. The summed E-state index contributed by atoms with van der Waals surface area (Å²) in [6, 6.07) is 15.2. The van der Waals surface area contributed by atoms with Gasteiger partial charge < -0.3 is 9.15 Å². The van der Waals surface area contributed by atoms with Crippen molar-refractivity contribution in [2.24, 2.45) is 5.10 Å². The number of ether oxygens (including phenoxy) is 1. The van der Waals surface area contributed by atoms with E-state index in [1.807, 2.05) is 48.5 Å². The second-order valence-corrected chi connectivity index (χ2v) is 7.40. The number of oxazole rings is 1. The lowest BCUT2D eigenvalue weighted by atomic mass is 10.2. The van der Waals surface area contributed by atoms with Crippen LogP contribution < -0.4 is 10.2 Å². The second-order valence-electron chi connectivity index (χ2n) is 6.48. The van der Waals surface area contributed by atoms with Crippen LogP contribution >= 0.6 is 11.8 Å². The summed E-state index contributed by atoms with van der Waals surface area (Å²) in [6.07, 6.45) is 6.22. The Kier molecular flexibility index (Phi) is 8.12. The van der Waals surface area contributed by atoms with Gasteiger partial charge >= 0.3 is 0 Å². The third kappa shape index (κ3) is 6.64. The van der Waals surface area contributed by atoms with Crippen molar-refractivity contribution in [1.29, 1.82) is 0 Å². The van der Waals surface area contributed by atoms with Gasteiger partial charge in [-0.25, -0.2) is 10.4 Å². The highest BCUT2D eigenvalue weighted by Crippen LogP contribution is 2.22. The van der Waals surface area contributed by atoms with Gasteiger partial charge in [-0.3, -0.25) is 4.79 Å². The number of benzene rings is 2. The molecule has 1 amide bonds. The SMILES string of the molecule is CCCCCCOc1ccccc1/C=N\NC(=O)CSc1nc2ccccc2o1. The van der Waals surface area contributed by atoms with Crippen LogP contribution in [0.5, 0.6) is 5.75 Å². The van der Waals surface area contributed by atoms with Crippen LogP contribution in [0.25, 0.3) is 11.1 Å². The Morgan fingerprint density at radius 2 is 2.00 bits per heavy atom. The van der Waals surface area contributed by atoms with E-state index in [4.69, 9.17) is 9.15 Å². The first-order valence-corrected chi connectivity index (χ1v) is 10.8. The summed E-state index contributed by atoms with van der Waals surface area (Å²) in [5, 5.41) is 4.51. The monoisotopic (exact) mass is 411 g/mol. The number of nitrogens with one attached hydrogen (secondary N) is 1. The zero-order valence-corrected chi connectivity index (χ0v) is 17.3. The van der Waals surface area contributed by atoms with E-state index < -0.39 is 0 Å². The lowest BCUT2D eigenvalue weighted by Gasteiger charge is -2.08. The summed E-state index contributed by atoms with van der Waals surface area (Å²) in [5.74, 6) is 0.703. The predicted octanol–water partition coefficient (Wildman–Crippen LogP) is 5.03. The van der Waals surface area contributed by atoms with E-state index in [-0.39, 0.29) is 11.7 Å². The molecular weight excluding hydrogens is 386 g/mol. The van der Waals surface area contributed by atoms with Crippen molar-refractivity contribution in [3.63, 3.8) is 0 Å². The molecule has 0 saturated heterocycles. The molecule has 2 aromatic carbocycles. The lowest BCUT2D eigenvalue weighted by molar-refractivity contribution is -0.118. The summed E-state index contributed by atoms with van der Waals surface area (Å²) in [6.45, 7) is 2.87. The summed E-state index contributed by atoms with van der Waals surface area (Å²) in [4.78, 5) is 16.4. The Labute approximate surface area is 174 Å². The fraction of sp³-hybridized carbons (Fsp3) is 0.318. The maximum absolute atomic E-state index is 12.0. The van der Waals surface area contributed by atoms with Crippen LogP contribution in [-0.4, -0.2) is 29.5 Å². The standard InChI is InChI=1S/C22H25N3O3S/c1-2-3-4-9-14-27-19-12-7-5-10-17(19)15-23-25-21(26)16-29-22-24-18-11-6-8-13-20(18)28-22/h5-8,10-13,15H,2-4,9,14,16H2,1H3,(H,25,26)/b23-15-. The van der Waals surface area contributed by atoms with Crippen molar-refractivity contribution in [2.45, 2.75) is 37.8 Å². The van der Waals surface area contributed by atoms with Gasteiger partial charge in [-0.2, -0.15) is 5.10 Å². The molecule has 0 unspecified atom stereocenters. The van der Waals surface area contributed by atoms with Gasteiger partial charge in [0, 0.05) is 5.56 Å². The number of hydrogen-bond donors (Lipinski definition) is 1.